The second-order valence-electron chi connectivity index (χ2n) is 24.5. The number of phosphoric acid groups is 1. The normalized spacial score (nSPS) is 14.3. The maximum Gasteiger partial charge on any atom is 0.472 e. The molecular weight excluding hydrogens is 1160 g/mol. The Morgan fingerprint density at radius 2 is 0.587 bits per heavy atom. The Morgan fingerprint density at radius 1 is 0.337 bits per heavy atom. The van der Waals surface area contributed by atoms with Crippen molar-refractivity contribution < 1.29 is 42.1 Å². The average molecular weight is 1290 g/mol. The number of likely N-dealkylation sites (N-methyl/N-ethyl adjacent to an activating group) is 1. The molecule has 0 amide bonds. The zero-order valence-corrected chi connectivity index (χ0v) is 59.8. The van der Waals surface area contributed by atoms with E-state index in [0.29, 0.717) is 17.4 Å². The molecule has 0 aromatic rings. The van der Waals surface area contributed by atoms with Gasteiger partial charge in [0, 0.05) is 12.8 Å². The van der Waals surface area contributed by atoms with Crippen molar-refractivity contribution in [1.82, 2.24) is 0 Å². The van der Waals surface area contributed by atoms with Crippen LogP contribution in [0.25, 0.3) is 0 Å². The van der Waals surface area contributed by atoms with E-state index < -0.39 is 26.5 Å². The number of hydrogen-bond acceptors (Lipinski definition) is 7. The summed E-state index contributed by atoms with van der Waals surface area (Å²) in [4.78, 5) is 35.9. The van der Waals surface area contributed by atoms with Gasteiger partial charge in [-0.1, -0.05) is 298 Å². The van der Waals surface area contributed by atoms with Gasteiger partial charge in [0.2, 0.25) is 0 Å². The molecule has 0 rings (SSSR count). The quantitative estimate of drug-likeness (QED) is 0.0211. The molecule has 0 fully saturated rings. The summed E-state index contributed by atoms with van der Waals surface area (Å²) in [5, 5.41) is 0. The molecule has 92 heavy (non-hydrogen) atoms. The highest BCUT2D eigenvalue weighted by molar-refractivity contribution is 7.47. The van der Waals surface area contributed by atoms with Gasteiger partial charge < -0.3 is 18.9 Å². The summed E-state index contributed by atoms with van der Waals surface area (Å²) < 4.78 is 34.7. The lowest BCUT2D eigenvalue weighted by Crippen LogP contribution is -2.37. The number of carbonyl (C=O) groups is 2. The van der Waals surface area contributed by atoms with Crippen LogP contribution in [0.1, 0.15) is 258 Å². The van der Waals surface area contributed by atoms with Crippen molar-refractivity contribution in [3.05, 3.63) is 194 Å². The number of hydrogen-bond donors (Lipinski definition) is 1. The Hall–Kier alpha value is -5.15. The van der Waals surface area contributed by atoms with Crippen LogP contribution < -0.4 is 0 Å². The van der Waals surface area contributed by atoms with Gasteiger partial charge in [-0.15, -0.1) is 0 Å². The van der Waals surface area contributed by atoms with Crippen molar-refractivity contribution in [2.24, 2.45) is 0 Å². The number of allylic oxidation sites excluding steroid dienone is 32. The molecule has 0 spiro atoms. The summed E-state index contributed by atoms with van der Waals surface area (Å²) in [7, 11) is 1.44. The van der Waals surface area contributed by atoms with Gasteiger partial charge >= 0.3 is 19.8 Å². The molecular formula is C82H133NO8P+. The van der Waals surface area contributed by atoms with Gasteiger partial charge in [-0.25, -0.2) is 4.57 Å². The first-order valence-corrected chi connectivity index (χ1v) is 37.7. The van der Waals surface area contributed by atoms with E-state index >= 15 is 0 Å². The van der Waals surface area contributed by atoms with Crippen LogP contribution in [0.4, 0.5) is 0 Å². The molecule has 0 saturated heterocycles. The largest absolute Gasteiger partial charge is 0.472 e. The van der Waals surface area contributed by atoms with Gasteiger partial charge in [-0.2, -0.15) is 0 Å². The van der Waals surface area contributed by atoms with Gasteiger partial charge in [-0.3, -0.25) is 18.6 Å². The third kappa shape index (κ3) is 73.9. The predicted molar refractivity (Wildman–Crippen MR) is 399 cm³/mol. The highest BCUT2D eigenvalue weighted by atomic mass is 31.2. The molecule has 10 heteroatoms. The SMILES string of the molecule is CC/C=C\C/C=C\C/C=C\C/C=C\C/C=C\C/C=C\C/C=C\C/C=C\CCCCCCCCCCCCC(=O)OC(COC(=O)CCCCCCCCCC/C=C\C/C=C\C/C=C\C/C=C\C/C=C\C/C=C\C/C=C\C/C=C\CC)COP(=O)(O)OCC[N+](C)(C)C. The Bertz CT molecular complexity index is 2260. The highest BCUT2D eigenvalue weighted by Crippen LogP contribution is 2.43. The molecule has 0 aliphatic carbocycles. The molecule has 0 saturated carbocycles. The van der Waals surface area contributed by atoms with Crippen molar-refractivity contribution in [2.75, 3.05) is 47.5 Å². The maximum atomic E-state index is 12.9. The summed E-state index contributed by atoms with van der Waals surface area (Å²) in [6, 6.07) is 0. The number of unbranched alkanes of at least 4 members (excludes halogenated alkanes) is 18. The molecule has 2 atom stereocenters. The van der Waals surface area contributed by atoms with E-state index in [-0.39, 0.29) is 32.0 Å². The predicted octanol–water partition coefficient (Wildman–Crippen LogP) is 24.0. The maximum absolute atomic E-state index is 12.9. The molecule has 0 bridgehead atoms. The lowest BCUT2D eigenvalue weighted by molar-refractivity contribution is -0.870. The van der Waals surface area contributed by atoms with Gasteiger partial charge in [0.1, 0.15) is 19.8 Å². The summed E-state index contributed by atoms with van der Waals surface area (Å²) >= 11 is 0. The average Bonchev–Trinajstić information content (AvgIpc) is 2.14. The number of rotatable bonds is 64. The van der Waals surface area contributed by atoms with Crippen LogP contribution in [0.5, 0.6) is 0 Å². The fourth-order valence-electron chi connectivity index (χ4n) is 9.16. The number of phosphoric ester groups is 1. The Kier molecular flexibility index (Phi) is 66.2. The first kappa shape index (κ1) is 86.9. The summed E-state index contributed by atoms with van der Waals surface area (Å²) in [5.41, 5.74) is 0. The van der Waals surface area contributed by atoms with Crippen LogP contribution in [0.2, 0.25) is 0 Å². The van der Waals surface area contributed by atoms with Gasteiger partial charge in [0.05, 0.1) is 27.7 Å². The van der Waals surface area contributed by atoms with E-state index in [4.69, 9.17) is 18.5 Å². The second kappa shape index (κ2) is 70.2. The molecule has 518 valence electrons. The first-order valence-electron chi connectivity index (χ1n) is 36.2. The summed E-state index contributed by atoms with van der Waals surface area (Å²) in [5.74, 6) is -0.824. The molecule has 2 unspecified atom stereocenters. The minimum absolute atomic E-state index is 0.0191. The van der Waals surface area contributed by atoms with E-state index in [2.05, 4.69) is 208 Å². The summed E-state index contributed by atoms with van der Waals surface area (Å²) in [6.45, 7) is 4.17. The standard InChI is InChI=1S/C82H132NO8P/c1-6-8-10-12-14-16-18-20-22-24-26-28-30-32-34-36-38-40-41-43-45-47-49-51-53-55-57-59-61-63-65-67-69-71-73-75-82(85)91-80(79-90-92(86,87)89-77-76-83(3,4)5)78-88-81(84)74-72-70-68-66-64-62-60-58-56-54-52-50-48-46-44-42-39-37-35-33-31-29-27-25-23-21-19-17-15-13-11-9-7-2/h8-11,14-17,20-23,26-29,32-35,38-40,42-43,45-46,48-49,51-52,54,80H,6-7,12-13,18-19,24-25,30-31,36-37,41,44,47,50,53,55-79H2,1-5H3/p+1/b10-8-,11-9-,16-14-,17-15-,22-20-,23-21-,28-26-,29-27-,34-32-,35-33-,40-38-,42-39-,45-43-,48-46-,51-49-,54-52-. The van der Waals surface area contributed by atoms with Gasteiger partial charge in [0.15, 0.2) is 6.10 Å². The van der Waals surface area contributed by atoms with E-state index in [0.717, 1.165) is 161 Å². The molecule has 0 radical (unpaired) electrons. The molecule has 9 nitrogen and oxygen atoms in total. The Morgan fingerprint density at radius 3 is 0.870 bits per heavy atom. The van der Waals surface area contributed by atoms with Crippen molar-refractivity contribution in [2.45, 2.75) is 264 Å². The van der Waals surface area contributed by atoms with Crippen LogP contribution in [-0.2, 0) is 32.7 Å². The zero-order valence-electron chi connectivity index (χ0n) is 59.0. The lowest BCUT2D eigenvalue weighted by Gasteiger charge is -2.24. The number of quaternary nitrogens is 1. The summed E-state index contributed by atoms with van der Waals surface area (Å²) in [6.07, 6.45) is 110. The van der Waals surface area contributed by atoms with E-state index in [1.807, 2.05) is 21.1 Å². The van der Waals surface area contributed by atoms with Crippen molar-refractivity contribution in [3.8, 4) is 0 Å². The molecule has 0 heterocycles. The molecule has 0 aliphatic heterocycles. The van der Waals surface area contributed by atoms with Crippen LogP contribution in [0.15, 0.2) is 194 Å². The first-order chi connectivity index (χ1) is 45.0. The number of ether oxygens (including phenoxy) is 2. The van der Waals surface area contributed by atoms with Gasteiger partial charge in [-0.05, 0) is 141 Å². The van der Waals surface area contributed by atoms with Crippen LogP contribution in [-0.4, -0.2) is 74.9 Å². The van der Waals surface area contributed by atoms with Crippen molar-refractivity contribution in [3.63, 3.8) is 0 Å². The lowest BCUT2D eigenvalue weighted by atomic mass is 10.0. The van der Waals surface area contributed by atoms with E-state index in [1.54, 1.807) is 0 Å². The minimum Gasteiger partial charge on any atom is -0.462 e. The third-order valence-corrected chi connectivity index (χ3v) is 15.6. The molecule has 0 aliphatic rings. The minimum atomic E-state index is -4.41. The van der Waals surface area contributed by atoms with Crippen molar-refractivity contribution >= 4 is 19.8 Å². The smallest absolute Gasteiger partial charge is 0.462 e. The fourth-order valence-corrected chi connectivity index (χ4v) is 9.91. The fraction of sp³-hybridized carbons (Fsp3) is 0.585. The van der Waals surface area contributed by atoms with Crippen LogP contribution in [0.3, 0.4) is 0 Å². The van der Waals surface area contributed by atoms with E-state index in [9.17, 15) is 19.0 Å². The monoisotopic (exact) mass is 1290 g/mol. The Balaban J connectivity index is 4.15. The van der Waals surface area contributed by atoms with Gasteiger partial charge in [0.25, 0.3) is 0 Å². The van der Waals surface area contributed by atoms with Crippen LogP contribution >= 0.6 is 7.82 Å². The second-order valence-corrected chi connectivity index (χ2v) is 26.0. The molecule has 1 N–H and O–H groups in total. The zero-order chi connectivity index (χ0) is 66.9. The third-order valence-electron chi connectivity index (χ3n) is 14.6. The number of carbonyl (C=O) groups excluding carboxylic acids is 2. The topological polar surface area (TPSA) is 108 Å². The molecule has 0 aromatic heterocycles. The van der Waals surface area contributed by atoms with Crippen molar-refractivity contribution in [1.29, 1.82) is 0 Å². The number of esters is 2. The Labute approximate surface area is 564 Å². The highest BCUT2D eigenvalue weighted by Gasteiger charge is 2.27. The van der Waals surface area contributed by atoms with E-state index in [1.165, 1.54) is 64.2 Å². The number of nitrogens with zero attached hydrogens (tertiary/aromatic N) is 1. The van der Waals surface area contributed by atoms with Crippen LogP contribution in [0, 0.1) is 0 Å². The molecule has 0 aromatic carbocycles.